The number of alkyl halides is 2. The third kappa shape index (κ3) is 5.23. The van der Waals surface area contributed by atoms with Crippen molar-refractivity contribution in [3.8, 4) is 11.7 Å². The number of hydrogen-bond acceptors (Lipinski definition) is 8. The van der Waals surface area contributed by atoms with Crippen LogP contribution in [0.5, 0.6) is 5.88 Å². The molecule has 0 spiro atoms. The van der Waals surface area contributed by atoms with E-state index < -0.39 is 24.1 Å². The molecule has 2 aliphatic heterocycles. The minimum atomic E-state index is -2.82. The second-order valence-electron chi connectivity index (χ2n) is 9.48. The molecule has 0 radical (unpaired) electrons. The maximum absolute atomic E-state index is 14.0. The summed E-state index contributed by atoms with van der Waals surface area (Å²) in [4.78, 5) is 42.4. The van der Waals surface area contributed by atoms with Crippen molar-refractivity contribution in [1.29, 1.82) is 0 Å². The lowest BCUT2D eigenvalue weighted by Gasteiger charge is -2.27. The highest BCUT2D eigenvalue weighted by molar-refractivity contribution is 6.34. The Bertz CT molecular complexity index is 1330. The van der Waals surface area contributed by atoms with Gasteiger partial charge in [0.2, 0.25) is 11.8 Å². The van der Waals surface area contributed by atoms with E-state index in [1.165, 1.54) is 20.4 Å². The van der Waals surface area contributed by atoms with E-state index in [4.69, 9.17) is 9.47 Å². The molecule has 1 aromatic carbocycles. The van der Waals surface area contributed by atoms with Gasteiger partial charge in [0, 0.05) is 52.3 Å². The molecule has 4 heterocycles. The summed E-state index contributed by atoms with van der Waals surface area (Å²) in [6.07, 6.45) is -2.15. The molecule has 2 saturated heterocycles. The number of rotatable bonds is 6. The van der Waals surface area contributed by atoms with E-state index in [9.17, 15) is 18.4 Å². The standard InChI is InChI=1S/C25H29F2N7O4/c1-31(2)23(35)24(36)33-8-7-16(14-33)15-38-20-13-19(29-25(30-20)32-9-11-37-12-10-32)34-18-6-4-3-5-17(18)28-22(34)21(26)27/h3-6,13,16,21H,7-12,14-15H2,1-2H3/t16-/m0/s1. The number of hydrogen-bond donors (Lipinski definition) is 0. The number of likely N-dealkylation sites (tertiary alicyclic amines) is 1. The van der Waals surface area contributed by atoms with Gasteiger partial charge in [-0.2, -0.15) is 9.97 Å². The number of ether oxygens (including phenoxy) is 2. The molecule has 5 rings (SSSR count). The van der Waals surface area contributed by atoms with Crippen LogP contribution in [0.3, 0.4) is 0 Å². The molecule has 2 amide bonds. The molecular formula is C25H29F2N7O4. The van der Waals surface area contributed by atoms with Gasteiger partial charge in [0.1, 0.15) is 5.82 Å². The normalized spacial score (nSPS) is 17.9. The highest BCUT2D eigenvalue weighted by Crippen LogP contribution is 2.30. The number of aromatic nitrogens is 4. The van der Waals surface area contributed by atoms with Crippen LogP contribution >= 0.6 is 0 Å². The van der Waals surface area contributed by atoms with Crippen molar-refractivity contribution in [3.63, 3.8) is 0 Å². The van der Waals surface area contributed by atoms with Crippen molar-refractivity contribution in [2.24, 2.45) is 5.92 Å². The largest absolute Gasteiger partial charge is 0.477 e. The number of likely N-dealkylation sites (N-methyl/N-ethyl adjacent to an activating group) is 1. The molecular weight excluding hydrogens is 500 g/mol. The lowest BCUT2D eigenvalue weighted by atomic mass is 10.1. The maximum Gasteiger partial charge on any atom is 0.312 e. The molecule has 0 aliphatic carbocycles. The van der Waals surface area contributed by atoms with E-state index in [1.54, 1.807) is 38.4 Å². The third-order valence-electron chi connectivity index (χ3n) is 6.61. The van der Waals surface area contributed by atoms with Gasteiger partial charge in [-0.05, 0) is 18.6 Å². The Morgan fingerprint density at radius 3 is 2.63 bits per heavy atom. The fourth-order valence-corrected chi connectivity index (χ4v) is 4.61. The van der Waals surface area contributed by atoms with E-state index in [-0.39, 0.29) is 24.2 Å². The first-order valence-electron chi connectivity index (χ1n) is 12.4. The predicted molar refractivity (Wildman–Crippen MR) is 134 cm³/mol. The zero-order valence-electron chi connectivity index (χ0n) is 21.2. The van der Waals surface area contributed by atoms with Crippen molar-refractivity contribution < 1.29 is 27.8 Å². The molecule has 0 bridgehead atoms. The van der Waals surface area contributed by atoms with E-state index in [0.717, 1.165) is 0 Å². The van der Waals surface area contributed by atoms with Crippen LogP contribution in [0.2, 0.25) is 0 Å². The average molecular weight is 530 g/mol. The molecule has 2 aromatic heterocycles. The Labute approximate surface area is 218 Å². The molecule has 1 atom stereocenters. The number of morpholine rings is 1. The van der Waals surface area contributed by atoms with Gasteiger partial charge in [-0.1, -0.05) is 12.1 Å². The second kappa shape index (κ2) is 10.9. The first-order valence-corrected chi connectivity index (χ1v) is 12.4. The number of amides is 2. The molecule has 11 nitrogen and oxygen atoms in total. The maximum atomic E-state index is 14.0. The Hall–Kier alpha value is -3.87. The van der Waals surface area contributed by atoms with Gasteiger partial charge in [-0.15, -0.1) is 0 Å². The first kappa shape index (κ1) is 25.8. The van der Waals surface area contributed by atoms with Crippen LogP contribution in [0.4, 0.5) is 14.7 Å². The van der Waals surface area contributed by atoms with E-state index >= 15 is 0 Å². The summed E-state index contributed by atoms with van der Waals surface area (Å²) in [5.41, 5.74) is 0.927. The smallest absolute Gasteiger partial charge is 0.312 e. The number of halogens is 2. The topological polar surface area (TPSA) is 106 Å². The molecule has 0 unspecified atom stereocenters. The van der Waals surface area contributed by atoms with Crippen LogP contribution in [-0.4, -0.2) is 101 Å². The molecule has 2 aliphatic rings. The van der Waals surface area contributed by atoms with Gasteiger partial charge in [0.25, 0.3) is 6.43 Å². The van der Waals surface area contributed by atoms with Gasteiger partial charge in [0.15, 0.2) is 5.82 Å². The summed E-state index contributed by atoms with van der Waals surface area (Å²) in [5.74, 6) is -0.737. The molecule has 202 valence electrons. The quantitative estimate of drug-likeness (QED) is 0.446. The Balaban J connectivity index is 1.42. The number of para-hydroxylation sites is 2. The van der Waals surface area contributed by atoms with Gasteiger partial charge in [-0.25, -0.2) is 13.8 Å². The Morgan fingerprint density at radius 2 is 1.89 bits per heavy atom. The van der Waals surface area contributed by atoms with Crippen LogP contribution in [0.25, 0.3) is 16.9 Å². The minimum absolute atomic E-state index is 0.00938. The van der Waals surface area contributed by atoms with Crippen molar-refractivity contribution in [3.05, 3.63) is 36.2 Å². The molecule has 2 fully saturated rings. The van der Waals surface area contributed by atoms with Crippen molar-refractivity contribution in [1.82, 2.24) is 29.3 Å². The lowest BCUT2D eigenvalue weighted by Crippen LogP contribution is -2.41. The van der Waals surface area contributed by atoms with Gasteiger partial charge >= 0.3 is 11.8 Å². The predicted octanol–water partition coefficient (Wildman–Crippen LogP) is 1.91. The average Bonchev–Trinajstić information content (AvgIpc) is 3.56. The number of imidazole rings is 1. The summed E-state index contributed by atoms with van der Waals surface area (Å²) < 4.78 is 40.9. The van der Waals surface area contributed by atoms with Crippen LogP contribution in [-0.2, 0) is 14.3 Å². The summed E-state index contributed by atoms with van der Waals surface area (Å²) in [6, 6.07) is 8.41. The highest BCUT2D eigenvalue weighted by atomic mass is 19.3. The first-order chi connectivity index (χ1) is 18.3. The zero-order valence-corrected chi connectivity index (χ0v) is 21.2. The van der Waals surface area contributed by atoms with Gasteiger partial charge in [0.05, 0.1) is 30.9 Å². The number of fused-ring (bicyclic) bond motifs is 1. The summed E-state index contributed by atoms with van der Waals surface area (Å²) in [5, 5.41) is 0. The zero-order chi connectivity index (χ0) is 26.8. The van der Waals surface area contributed by atoms with Gasteiger partial charge in [-0.3, -0.25) is 14.2 Å². The van der Waals surface area contributed by atoms with E-state index in [0.29, 0.717) is 62.8 Å². The summed E-state index contributed by atoms with van der Waals surface area (Å²) in [7, 11) is 3.08. The number of nitrogens with zero attached hydrogens (tertiary/aromatic N) is 7. The van der Waals surface area contributed by atoms with Crippen LogP contribution in [0.1, 0.15) is 18.7 Å². The van der Waals surface area contributed by atoms with E-state index in [1.807, 2.05) is 4.90 Å². The molecule has 0 N–H and O–H groups in total. The van der Waals surface area contributed by atoms with Crippen molar-refractivity contribution in [2.75, 3.05) is 65.0 Å². The van der Waals surface area contributed by atoms with Crippen LogP contribution in [0.15, 0.2) is 30.3 Å². The number of carbonyl (C=O) groups excluding carboxylic acids is 2. The Morgan fingerprint density at radius 1 is 1.13 bits per heavy atom. The number of benzene rings is 1. The summed E-state index contributed by atoms with van der Waals surface area (Å²) in [6.45, 7) is 3.18. The fourth-order valence-electron chi connectivity index (χ4n) is 4.61. The number of carbonyl (C=O) groups is 2. The number of anilines is 1. The van der Waals surface area contributed by atoms with Gasteiger partial charge < -0.3 is 24.2 Å². The monoisotopic (exact) mass is 529 g/mol. The third-order valence-corrected chi connectivity index (χ3v) is 6.61. The molecule has 0 saturated carbocycles. The Kier molecular flexibility index (Phi) is 7.36. The van der Waals surface area contributed by atoms with Crippen molar-refractivity contribution >= 4 is 28.8 Å². The molecule has 13 heteroatoms. The summed E-state index contributed by atoms with van der Waals surface area (Å²) >= 11 is 0. The SMILES string of the molecule is CN(C)C(=O)C(=O)N1CC[C@H](COc2cc(-n3c(C(F)F)nc4ccccc43)nc(N3CCOCC3)n2)C1. The molecule has 38 heavy (non-hydrogen) atoms. The van der Waals surface area contributed by atoms with Crippen molar-refractivity contribution in [2.45, 2.75) is 12.8 Å². The van der Waals surface area contributed by atoms with E-state index in [2.05, 4.69) is 15.0 Å². The molecule has 3 aromatic rings. The fraction of sp³-hybridized carbons (Fsp3) is 0.480. The second-order valence-corrected chi connectivity index (χ2v) is 9.48. The van der Waals surface area contributed by atoms with Crippen LogP contribution in [0, 0.1) is 5.92 Å². The van der Waals surface area contributed by atoms with Crippen LogP contribution < -0.4 is 9.64 Å². The minimum Gasteiger partial charge on any atom is -0.477 e. The highest BCUT2D eigenvalue weighted by Gasteiger charge is 2.31. The lowest BCUT2D eigenvalue weighted by molar-refractivity contribution is -0.149.